The highest BCUT2D eigenvalue weighted by Gasteiger charge is 2.42. The predicted octanol–water partition coefficient (Wildman–Crippen LogP) is 3.52. The Balaban J connectivity index is 1.98. The average Bonchev–Trinajstić information content (AvgIpc) is 2.62. The van der Waals surface area contributed by atoms with E-state index in [4.69, 9.17) is 9.47 Å². The first-order valence-corrected chi connectivity index (χ1v) is 8.90. The number of benzene rings is 1. The van der Waals surface area contributed by atoms with Crippen LogP contribution in [0.3, 0.4) is 0 Å². The van der Waals surface area contributed by atoms with Gasteiger partial charge in [-0.3, -0.25) is 9.69 Å². The first kappa shape index (κ1) is 19.6. The van der Waals surface area contributed by atoms with Gasteiger partial charge in [-0.15, -0.1) is 0 Å². The van der Waals surface area contributed by atoms with Gasteiger partial charge in [0.25, 0.3) is 0 Å². The maximum Gasteiger partial charge on any atom is 0.313 e. The number of methoxy groups -OCH3 is 1. The average molecular weight is 349 g/mol. The van der Waals surface area contributed by atoms with Crippen molar-refractivity contribution in [3.05, 3.63) is 41.7 Å². The number of carbonyl (C=O) groups excluding carboxylic acids is 1. The Morgan fingerprint density at radius 1 is 1.36 bits per heavy atom. The van der Waals surface area contributed by atoms with Crippen molar-refractivity contribution >= 4 is 12.0 Å². The minimum Gasteiger partial charge on any atom is -0.466 e. The Bertz CT molecular complexity index is 573. The second-order valence-corrected chi connectivity index (χ2v) is 6.54. The number of piperidine rings is 1. The number of carbonyl (C=O) groups is 1. The highest BCUT2D eigenvalue weighted by Crippen LogP contribution is 2.35. The molecule has 1 fully saturated rings. The van der Waals surface area contributed by atoms with Gasteiger partial charge in [-0.1, -0.05) is 24.3 Å². The molecule has 0 aliphatic carbocycles. The molecule has 1 heterocycles. The van der Waals surface area contributed by atoms with E-state index in [9.17, 15) is 9.18 Å². The van der Waals surface area contributed by atoms with Crippen LogP contribution in [0.2, 0.25) is 0 Å². The first-order chi connectivity index (χ1) is 12.1. The van der Waals surface area contributed by atoms with Crippen molar-refractivity contribution < 1.29 is 18.7 Å². The van der Waals surface area contributed by atoms with Crippen molar-refractivity contribution in [2.24, 2.45) is 5.41 Å². The summed E-state index contributed by atoms with van der Waals surface area (Å²) in [6.45, 7) is 5.19. The summed E-state index contributed by atoms with van der Waals surface area (Å²) >= 11 is 0. The molecule has 0 radical (unpaired) electrons. The van der Waals surface area contributed by atoms with Crippen LogP contribution in [0.1, 0.15) is 31.7 Å². The molecule has 0 saturated carbocycles. The standard InChI is InChI=1S/C20H28FNO3/c1-3-25-19(23)20(12-15-24-2)11-5-14-22(16-20)13-4-6-17-7-9-18(21)10-8-17/h4,6-10H,3,5,11-16H2,1-2H3. The van der Waals surface area contributed by atoms with Crippen LogP contribution in [-0.4, -0.2) is 50.8 Å². The van der Waals surface area contributed by atoms with E-state index in [-0.39, 0.29) is 11.8 Å². The lowest BCUT2D eigenvalue weighted by molar-refractivity contribution is -0.160. The van der Waals surface area contributed by atoms with Crippen molar-refractivity contribution in [3.63, 3.8) is 0 Å². The summed E-state index contributed by atoms with van der Waals surface area (Å²) in [7, 11) is 1.66. The first-order valence-electron chi connectivity index (χ1n) is 8.90. The highest BCUT2D eigenvalue weighted by molar-refractivity contribution is 5.77. The van der Waals surface area contributed by atoms with Crippen molar-refractivity contribution in [2.45, 2.75) is 26.2 Å². The molecule has 0 aromatic heterocycles. The summed E-state index contributed by atoms with van der Waals surface area (Å²) < 4.78 is 23.5. The molecule has 1 unspecified atom stereocenters. The Labute approximate surface area is 149 Å². The van der Waals surface area contributed by atoms with Gasteiger partial charge in [-0.2, -0.15) is 0 Å². The summed E-state index contributed by atoms with van der Waals surface area (Å²) in [5, 5.41) is 0. The second-order valence-electron chi connectivity index (χ2n) is 6.54. The van der Waals surface area contributed by atoms with Crippen molar-refractivity contribution in [1.82, 2.24) is 4.90 Å². The van der Waals surface area contributed by atoms with E-state index in [0.717, 1.165) is 31.5 Å². The molecule has 138 valence electrons. The van der Waals surface area contributed by atoms with Crippen molar-refractivity contribution in [2.75, 3.05) is 40.0 Å². The van der Waals surface area contributed by atoms with Crippen molar-refractivity contribution in [3.8, 4) is 0 Å². The fourth-order valence-corrected chi connectivity index (χ4v) is 3.35. The number of rotatable bonds is 8. The van der Waals surface area contributed by atoms with Gasteiger partial charge in [0.1, 0.15) is 5.82 Å². The lowest BCUT2D eigenvalue weighted by Gasteiger charge is -2.40. The van der Waals surface area contributed by atoms with E-state index in [1.54, 1.807) is 19.2 Å². The summed E-state index contributed by atoms with van der Waals surface area (Å²) in [5.41, 5.74) is 0.489. The van der Waals surface area contributed by atoms with Crippen LogP contribution in [-0.2, 0) is 14.3 Å². The van der Waals surface area contributed by atoms with Crippen LogP contribution in [0.25, 0.3) is 6.08 Å². The van der Waals surface area contributed by atoms with Gasteiger partial charge in [-0.05, 0) is 50.4 Å². The smallest absolute Gasteiger partial charge is 0.313 e. The van der Waals surface area contributed by atoms with Gasteiger partial charge in [-0.25, -0.2) is 4.39 Å². The van der Waals surface area contributed by atoms with Crippen LogP contribution in [0.4, 0.5) is 4.39 Å². The zero-order chi connectivity index (χ0) is 18.1. The molecule has 25 heavy (non-hydrogen) atoms. The molecular formula is C20H28FNO3. The summed E-state index contributed by atoms with van der Waals surface area (Å²) in [6, 6.07) is 6.42. The largest absolute Gasteiger partial charge is 0.466 e. The molecule has 1 aliphatic heterocycles. The molecule has 1 aliphatic rings. The second kappa shape index (κ2) is 9.68. The lowest BCUT2D eigenvalue weighted by Crippen LogP contribution is -2.49. The topological polar surface area (TPSA) is 38.8 Å². The molecule has 0 spiro atoms. The minimum atomic E-state index is -0.478. The molecule has 0 bridgehead atoms. The molecule has 2 rings (SSSR count). The highest BCUT2D eigenvalue weighted by atomic mass is 19.1. The van der Waals surface area contributed by atoms with E-state index >= 15 is 0 Å². The molecule has 1 aromatic carbocycles. The van der Waals surface area contributed by atoms with Gasteiger partial charge in [0.15, 0.2) is 0 Å². The van der Waals surface area contributed by atoms with Gasteiger partial charge < -0.3 is 9.47 Å². The number of halogens is 1. The minimum absolute atomic E-state index is 0.112. The number of nitrogens with zero attached hydrogens (tertiary/aromatic N) is 1. The lowest BCUT2D eigenvalue weighted by atomic mass is 9.77. The summed E-state index contributed by atoms with van der Waals surface area (Å²) in [4.78, 5) is 14.8. The van der Waals surface area contributed by atoms with E-state index < -0.39 is 5.41 Å². The van der Waals surface area contributed by atoms with Crippen LogP contribution in [0.5, 0.6) is 0 Å². The van der Waals surface area contributed by atoms with Gasteiger partial charge in [0.2, 0.25) is 0 Å². The zero-order valence-electron chi connectivity index (χ0n) is 15.2. The Hall–Kier alpha value is -1.72. The fourth-order valence-electron chi connectivity index (χ4n) is 3.35. The number of hydrogen-bond acceptors (Lipinski definition) is 4. The van der Waals surface area contributed by atoms with Crippen LogP contribution in [0.15, 0.2) is 30.3 Å². The van der Waals surface area contributed by atoms with Crippen LogP contribution >= 0.6 is 0 Å². The quantitative estimate of drug-likeness (QED) is 0.673. The molecule has 1 aromatic rings. The SMILES string of the molecule is CCOC(=O)C1(CCOC)CCCN(CC=Cc2ccc(F)cc2)C1. The van der Waals surface area contributed by atoms with Crippen LogP contribution < -0.4 is 0 Å². The van der Waals surface area contributed by atoms with Gasteiger partial charge >= 0.3 is 5.97 Å². The third-order valence-electron chi connectivity index (χ3n) is 4.69. The Morgan fingerprint density at radius 3 is 2.80 bits per heavy atom. The van der Waals surface area contributed by atoms with E-state index in [0.29, 0.717) is 26.2 Å². The fraction of sp³-hybridized carbons (Fsp3) is 0.550. The van der Waals surface area contributed by atoms with Gasteiger partial charge in [0, 0.05) is 26.8 Å². The monoisotopic (exact) mass is 349 g/mol. The predicted molar refractivity (Wildman–Crippen MR) is 96.7 cm³/mol. The summed E-state index contributed by atoms with van der Waals surface area (Å²) in [6.07, 6.45) is 6.53. The molecule has 0 N–H and O–H groups in total. The molecule has 1 saturated heterocycles. The van der Waals surface area contributed by atoms with E-state index in [1.165, 1.54) is 12.1 Å². The van der Waals surface area contributed by atoms with Gasteiger partial charge in [0.05, 0.1) is 12.0 Å². The van der Waals surface area contributed by atoms with Crippen molar-refractivity contribution in [1.29, 1.82) is 0 Å². The molecular weight excluding hydrogens is 321 g/mol. The molecule has 0 amide bonds. The third-order valence-corrected chi connectivity index (χ3v) is 4.69. The van der Waals surface area contributed by atoms with E-state index in [1.807, 2.05) is 13.0 Å². The third kappa shape index (κ3) is 5.65. The Morgan fingerprint density at radius 2 is 2.12 bits per heavy atom. The van der Waals surface area contributed by atoms with Crippen LogP contribution in [0, 0.1) is 11.2 Å². The maximum atomic E-state index is 12.9. The number of esters is 1. The molecule has 1 atom stereocenters. The molecule has 5 heteroatoms. The normalized spacial score (nSPS) is 21.6. The number of likely N-dealkylation sites (tertiary alicyclic amines) is 1. The Kier molecular flexibility index (Phi) is 7.59. The zero-order valence-corrected chi connectivity index (χ0v) is 15.2. The molecule has 4 nitrogen and oxygen atoms in total. The summed E-state index contributed by atoms with van der Waals surface area (Å²) in [5.74, 6) is -0.343. The number of ether oxygens (including phenoxy) is 2. The van der Waals surface area contributed by atoms with E-state index in [2.05, 4.69) is 11.0 Å². The number of hydrogen-bond donors (Lipinski definition) is 0. The maximum absolute atomic E-state index is 12.9.